The van der Waals surface area contributed by atoms with E-state index in [1.807, 2.05) is 19.2 Å². The van der Waals surface area contributed by atoms with Crippen LogP contribution in [0.2, 0.25) is 0 Å². The minimum absolute atomic E-state index is 0.279. The highest BCUT2D eigenvalue weighted by Crippen LogP contribution is 2.30. The van der Waals surface area contributed by atoms with E-state index in [1.54, 1.807) is 12.1 Å². The van der Waals surface area contributed by atoms with Gasteiger partial charge in [-0.2, -0.15) is 0 Å². The fraction of sp³-hybridized carbons (Fsp3) is 0.182. The Morgan fingerprint density at radius 1 is 0.840 bits per heavy atom. The second-order valence-electron chi connectivity index (χ2n) is 6.25. The van der Waals surface area contributed by atoms with Gasteiger partial charge in [0.2, 0.25) is 0 Å². The van der Waals surface area contributed by atoms with Crippen molar-refractivity contribution < 1.29 is 10.4 Å². The first-order valence-corrected chi connectivity index (χ1v) is 8.64. The van der Waals surface area contributed by atoms with Crippen LogP contribution in [-0.4, -0.2) is 19.2 Å². The minimum atomic E-state index is 0.279. The maximum Gasteiger partial charge on any atom is 0.129 e. The number of hydrogen-bond acceptors (Lipinski definition) is 2. The SMILES string of the molecule is CNc1ccc(C(Cc2ccc(O)cc2)c2ccc([NH2+]C)cc2)cc1. The van der Waals surface area contributed by atoms with Gasteiger partial charge in [0.1, 0.15) is 11.4 Å². The molecule has 0 radical (unpaired) electrons. The van der Waals surface area contributed by atoms with E-state index >= 15 is 0 Å². The molecule has 1 unspecified atom stereocenters. The predicted octanol–water partition coefficient (Wildman–Crippen LogP) is 3.63. The molecule has 3 aromatic rings. The monoisotopic (exact) mass is 333 g/mol. The highest BCUT2D eigenvalue weighted by atomic mass is 16.3. The van der Waals surface area contributed by atoms with Gasteiger partial charge in [-0.15, -0.1) is 0 Å². The van der Waals surface area contributed by atoms with E-state index in [1.165, 1.54) is 22.4 Å². The minimum Gasteiger partial charge on any atom is -0.508 e. The highest BCUT2D eigenvalue weighted by Gasteiger charge is 2.15. The molecule has 3 rings (SSSR count). The van der Waals surface area contributed by atoms with Gasteiger partial charge in [-0.1, -0.05) is 36.4 Å². The lowest BCUT2D eigenvalue weighted by atomic mass is 9.86. The summed E-state index contributed by atoms with van der Waals surface area (Å²) in [5, 5.41) is 14.8. The van der Waals surface area contributed by atoms with E-state index in [9.17, 15) is 5.11 Å². The second-order valence-corrected chi connectivity index (χ2v) is 6.25. The van der Waals surface area contributed by atoms with Crippen molar-refractivity contribution in [2.75, 3.05) is 19.4 Å². The molecule has 3 heteroatoms. The van der Waals surface area contributed by atoms with Gasteiger partial charge in [0, 0.05) is 18.7 Å². The highest BCUT2D eigenvalue weighted by molar-refractivity contribution is 5.47. The second kappa shape index (κ2) is 7.86. The molecule has 0 saturated carbocycles. The number of aromatic hydroxyl groups is 1. The van der Waals surface area contributed by atoms with Crippen LogP contribution in [0.25, 0.3) is 0 Å². The average molecular weight is 333 g/mol. The van der Waals surface area contributed by atoms with Gasteiger partial charge < -0.3 is 15.7 Å². The first-order valence-electron chi connectivity index (χ1n) is 8.64. The van der Waals surface area contributed by atoms with Crippen molar-refractivity contribution in [1.82, 2.24) is 0 Å². The summed E-state index contributed by atoms with van der Waals surface area (Å²) in [5.41, 5.74) is 6.16. The van der Waals surface area contributed by atoms with Crippen molar-refractivity contribution in [3.05, 3.63) is 89.5 Å². The maximum absolute atomic E-state index is 9.53. The molecule has 0 saturated heterocycles. The Bertz CT molecular complexity index is 745. The normalized spacial score (nSPS) is 11.9. The van der Waals surface area contributed by atoms with Gasteiger partial charge in [-0.05, 0) is 59.5 Å². The zero-order valence-electron chi connectivity index (χ0n) is 14.7. The number of anilines is 1. The number of phenols is 1. The summed E-state index contributed by atoms with van der Waals surface area (Å²) in [6.45, 7) is 0. The molecule has 0 aliphatic carbocycles. The Kier molecular flexibility index (Phi) is 5.36. The van der Waals surface area contributed by atoms with Crippen LogP contribution in [0.5, 0.6) is 5.75 Å². The third kappa shape index (κ3) is 4.20. The van der Waals surface area contributed by atoms with E-state index in [-0.39, 0.29) is 5.92 Å². The molecule has 0 amide bonds. The van der Waals surface area contributed by atoms with Crippen LogP contribution in [-0.2, 0) is 6.42 Å². The number of nitrogens with two attached hydrogens (primary N) is 1. The number of quaternary nitrogens is 1. The molecule has 3 nitrogen and oxygen atoms in total. The van der Waals surface area contributed by atoms with Gasteiger partial charge in [-0.3, -0.25) is 0 Å². The zero-order valence-corrected chi connectivity index (χ0v) is 14.7. The van der Waals surface area contributed by atoms with Gasteiger partial charge in [0.25, 0.3) is 0 Å². The third-order valence-corrected chi connectivity index (χ3v) is 4.65. The summed E-state index contributed by atoms with van der Waals surface area (Å²) in [6.07, 6.45) is 0.897. The van der Waals surface area contributed by atoms with Crippen LogP contribution < -0.4 is 10.6 Å². The Morgan fingerprint density at radius 3 is 1.92 bits per heavy atom. The number of benzene rings is 3. The topological polar surface area (TPSA) is 48.9 Å². The van der Waals surface area contributed by atoms with Crippen LogP contribution in [0.4, 0.5) is 11.4 Å². The van der Waals surface area contributed by atoms with E-state index in [0.29, 0.717) is 5.75 Å². The molecule has 0 heterocycles. The standard InChI is InChI=1S/C22H24N2O/c1-23-19-9-5-17(6-10-19)22(15-16-3-13-21(25)14-4-16)18-7-11-20(24-2)12-8-18/h3-14,22-25H,15H2,1-2H3/p+1. The Labute approximate surface area is 149 Å². The fourth-order valence-corrected chi connectivity index (χ4v) is 3.10. The molecule has 0 aliphatic heterocycles. The zero-order chi connectivity index (χ0) is 17.6. The lowest BCUT2D eigenvalue weighted by Crippen LogP contribution is -2.72. The van der Waals surface area contributed by atoms with Gasteiger partial charge in [-0.25, -0.2) is 0 Å². The third-order valence-electron chi connectivity index (χ3n) is 4.65. The summed E-state index contributed by atoms with van der Waals surface area (Å²) in [6, 6.07) is 24.9. The number of hydrogen-bond donors (Lipinski definition) is 3. The summed E-state index contributed by atoms with van der Waals surface area (Å²) >= 11 is 0. The average Bonchev–Trinajstić information content (AvgIpc) is 2.68. The molecule has 0 bridgehead atoms. The lowest BCUT2D eigenvalue weighted by molar-refractivity contribution is -0.539. The number of nitrogens with one attached hydrogen (secondary N) is 1. The van der Waals surface area contributed by atoms with Gasteiger partial charge >= 0.3 is 0 Å². The Hall–Kier alpha value is -2.78. The van der Waals surface area contributed by atoms with Crippen LogP contribution >= 0.6 is 0 Å². The quantitative estimate of drug-likeness (QED) is 0.603. The molecule has 4 N–H and O–H groups in total. The lowest BCUT2D eigenvalue weighted by Gasteiger charge is -2.19. The number of rotatable bonds is 6. The van der Waals surface area contributed by atoms with E-state index in [2.05, 4.69) is 66.2 Å². The summed E-state index contributed by atoms with van der Waals surface area (Å²) < 4.78 is 0. The van der Waals surface area contributed by atoms with Crippen LogP contribution in [0.3, 0.4) is 0 Å². The molecule has 25 heavy (non-hydrogen) atoms. The van der Waals surface area contributed by atoms with Crippen molar-refractivity contribution >= 4 is 11.4 Å². The van der Waals surface area contributed by atoms with Crippen molar-refractivity contribution in [1.29, 1.82) is 0 Å². The largest absolute Gasteiger partial charge is 0.508 e. The van der Waals surface area contributed by atoms with Gasteiger partial charge in [0.05, 0.1) is 7.05 Å². The maximum atomic E-state index is 9.53. The Morgan fingerprint density at radius 2 is 1.40 bits per heavy atom. The van der Waals surface area contributed by atoms with Crippen molar-refractivity contribution in [3.8, 4) is 5.75 Å². The van der Waals surface area contributed by atoms with Crippen molar-refractivity contribution in [2.24, 2.45) is 0 Å². The van der Waals surface area contributed by atoms with Crippen LogP contribution in [0, 0.1) is 0 Å². The molecule has 0 aromatic heterocycles. The van der Waals surface area contributed by atoms with Crippen molar-refractivity contribution in [3.63, 3.8) is 0 Å². The van der Waals surface area contributed by atoms with E-state index in [0.717, 1.165) is 12.1 Å². The molecular weight excluding hydrogens is 308 g/mol. The summed E-state index contributed by atoms with van der Waals surface area (Å²) in [5.74, 6) is 0.586. The van der Waals surface area contributed by atoms with Gasteiger partial charge in [0.15, 0.2) is 0 Å². The first kappa shape index (κ1) is 17.1. The first-order chi connectivity index (χ1) is 12.2. The van der Waals surface area contributed by atoms with Crippen LogP contribution in [0.1, 0.15) is 22.6 Å². The molecule has 0 spiro atoms. The van der Waals surface area contributed by atoms with E-state index < -0.39 is 0 Å². The van der Waals surface area contributed by atoms with Crippen molar-refractivity contribution in [2.45, 2.75) is 12.3 Å². The molecule has 0 fully saturated rings. The molecule has 1 atom stereocenters. The molecule has 128 valence electrons. The number of phenolic OH excluding ortho intramolecular Hbond substituents is 1. The molecular formula is C22H25N2O+. The smallest absolute Gasteiger partial charge is 0.129 e. The summed E-state index contributed by atoms with van der Waals surface area (Å²) in [7, 11) is 3.99. The van der Waals surface area contributed by atoms with Crippen LogP contribution in [0.15, 0.2) is 72.8 Å². The Balaban J connectivity index is 1.95. The van der Waals surface area contributed by atoms with E-state index in [4.69, 9.17) is 0 Å². The molecule has 3 aromatic carbocycles. The summed E-state index contributed by atoms with van der Waals surface area (Å²) in [4.78, 5) is 0. The molecule has 0 aliphatic rings. The predicted molar refractivity (Wildman–Crippen MR) is 104 cm³/mol. The fourth-order valence-electron chi connectivity index (χ4n) is 3.10.